The normalized spacial score (nSPS) is 18.9. The van der Waals surface area contributed by atoms with E-state index in [1.807, 2.05) is 32.0 Å². The fourth-order valence-corrected chi connectivity index (χ4v) is 2.22. The highest BCUT2D eigenvalue weighted by Crippen LogP contribution is 2.19. The Balaban J connectivity index is 1.95. The van der Waals surface area contributed by atoms with E-state index >= 15 is 0 Å². The van der Waals surface area contributed by atoms with E-state index in [2.05, 4.69) is 0 Å². The van der Waals surface area contributed by atoms with Crippen LogP contribution in [0.15, 0.2) is 18.2 Å². The van der Waals surface area contributed by atoms with Crippen LogP contribution in [0.25, 0.3) is 0 Å². The number of ether oxygens (including phenoxy) is 2. The van der Waals surface area contributed by atoms with Crippen molar-refractivity contribution in [3.05, 3.63) is 29.3 Å². The monoisotopic (exact) mass is 279 g/mol. The Morgan fingerprint density at radius 3 is 3.05 bits per heavy atom. The summed E-state index contributed by atoms with van der Waals surface area (Å²) in [6.45, 7) is 5.22. The molecule has 110 valence electrons. The van der Waals surface area contributed by atoms with Crippen LogP contribution in [0.1, 0.15) is 11.1 Å². The lowest BCUT2D eigenvalue weighted by molar-refractivity contribution is -0.143. The van der Waals surface area contributed by atoms with Crippen LogP contribution in [-0.4, -0.2) is 54.9 Å². The van der Waals surface area contributed by atoms with Crippen molar-refractivity contribution in [2.75, 3.05) is 33.0 Å². The molecular formula is C15H21NO4. The molecule has 20 heavy (non-hydrogen) atoms. The van der Waals surface area contributed by atoms with E-state index in [9.17, 15) is 9.90 Å². The summed E-state index contributed by atoms with van der Waals surface area (Å²) < 4.78 is 10.9. The molecule has 0 bridgehead atoms. The lowest BCUT2D eigenvalue weighted by Crippen LogP contribution is -2.51. The van der Waals surface area contributed by atoms with E-state index in [0.717, 1.165) is 16.9 Å². The van der Waals surface area contributed by atoms with Crippen molar-refractivity contribution in [3.8, 4) is 5.75 Å². The minimum atomic E-state index is -0.265. The third-order valence-corrected chi connectivity index (χ3v) is 3.45. The highest BCUT2D eigenvalue weighted by atomic mass is 16.5. The minimum absolute atomic E-state index is 0.0131. The first-order valence-electron chi connectivity index (χ1n) is 6.80. The van der Waals surface area contributed by atoms with Crippen molar-refractivity contribution in [2.45, 2.75) is 19.9 Å². The molecule has 1 heterocycles. The Kier molecular flexibility index (Phi) is 4.98. The number of aliphatic hydroxyl groups is 1. The summed E-state index contributed by atoms with van der Waals surface area (Å²) in [6, 6.07) is 5.64. The molecule has 1 unspecified atom stereocenters. The quantitative estimate of drug-likeness (QED) is 0.889. The summed E-state index contributed by atoms with van der Waals surface area (Å²) in [5.74, 6) is 0.611. The van der Waals surface area contributed by atoms with Crippen molar-refractivity contribution in [1.82, 2.24) is 4.90 Å². The van der Waals surface area contributed by atoms with Gasteiger partial charge in [0.25, 0.3) is 5.91 Å². The minimum Gasteiger partial charge on any atom is -0.483 e. The fourth-order valence-electron chi connectivity index (χ4n) is 2.22. The number of nitrogens with zero attached hydrogens (tertiary/aromatic N) is 1. The van der Waals surface area contributed by atoms with Gasteiger partial charge in [0.05, 0.1) is 25.9 Å². The molecule has 5 nitrogen and oxygen atoms in total. The first-order valence-corrected chi connectivity index (χ1v) is 6.80. The summed E-state index contributed by atoms with van der Waals surface area (Å²) in [6.07, 6.45) is 0. The molecule has 1 saturated heterocycles. The number of carbonyl (C=O) groups is 1. The summed E-state index contributed by atoms with van der Waals surface area (Å²) in [5, 5.41) is 9.26. The number of aliphatic hydroxyl groups excluding tert-OH is 1. The first kappa shape index (κ1) is 14.8. The number of hydrogen-bond acceptors (Lipinski definition) is 4. The van der Waals surface area contributed by atoms with Gasteiger partial charge in [0.1, 0.15) is 5.75 Å². The number of amides is 1. The third kappa shape index (κ3) is 3.49. The smallest absolute Gasteiger partial charge is 0.260 e. The molecule has 0 aliphatic carbocycles. The topological polar surface area (TPSA) is 59.0 Å². The molecule has 2 rings (SSSR count). The number of hydrogen-bond donors (Lipinski definition) is 1. The van der Waals surface area contributed by atoms with E-state index in [1.54, 1.807) is 4.90 Å². The maximum atomic E-state index is 12.2. The van der Waals surface area contributed by atoms with Crippen molar-refractivity contribution in [2.24, 2.45) is 0 Å². The van der Waals surface area contributed by atoms with Gasteiger partial charge in [-0.15, -0.1) is 0 Å². The lowest BCUT2D eigenvalue weighted by Gasteiger charge is -2.34. The molecule has 0 radical (unpaired) electrons. The molecule has 5 heteroatoms. The van der Waals surface area contributed by atoms with Crippen LogP contribution < -0.4 is 4.74 Å². The largest absolute Gasteiger partial charge is 0.483 e. The average Bonchev–Trinajstić information content (AvgIpc) is 2.47. The van der Waals surface area contributed by atoms with Gasteiger partial charge in [-0.2, -0.15) is 0 Å². The van der Waals surface area contributed by atoms with Gasteiger partial charge >= 0.3 is 0 Å². The average molecular weight is 279 g/mol. The molecule has 0 saturated carbocycles. The highest BCUT2D eigenvalue weighted by molar-refractivity contribution is 5.78. The van der Waals surface area contributed by atoms with E-state index < -0.39 is 0 Å². The van der Waals surface area contributed by atoms with Crippen LogP contribution in [0.3, 0.4) is 0 Å². The zero-order valence-corrected chi connectivity index (χ0v) is 12.0. The Morgan fingerprint density at radius 2 is 2.30 bits per heavy atom. The number of benzene rings is 1. The van der Waals surface area contributed by atoms with Crippen molar-refractivity contribution in [3.63, 3.8) is 0 Å². The maximum Gasteiger partial charge on any atom is 0.260 e. The molecule has 1 N–H and O–H groups in total. The van der Waals surface area contributed by atoms with E-state index in [0.29, 0.717) is 19.8 Å². The van der Waals surface area contributed by atoms with Crippen LogP contribution in [0.2, 0.25) is 0 Å². The van der Waals surface area contributed by atoms with Crippen molar-refractivity contribution < 1.29 is 19.4 Å². The van der Waals surface area contributed by atoms with Gasteiger partial charge in [-0.1, -0.05) is 12.1 Å². The maximum absolute atomic E-state index is 12.2. The number of morpholine rings is 1. The second-order valence-electron chi connectivity index (χ2n) is 5.06. The predicted molar refractivity (Wildman–Crippen MR) is 74.8 cm³/mol. The number of rotatable bonds is 4. The number of aryl methyl sites for hydroxylation is 2. The van der Waals surface area contributed by atoms with E-state index in [1.165, 1.54) is 0 Å². The van der Waals surface area contributed by atoms with Gasteiger partial charge in [-0.05, 0) is 31.0 Å². The summed E-state index contributed by atoms with van der Waals surface area (Å²) in [4.78, 5) is 13.8. The van der Waals surface area contributed by atoms with Crippen LogP contribution in [0.4, 0.5) is 0 Å². The Bertz CT molecular complexity index is 475. The van der Waals surface area contributed by atoms with Crippen LogP contribution in [0, 0.1) is 13.8 Å². The second-order valence-corrected chi connectivity index (χ2v) is 5.06. The zero-order chi connectivity index (χ0) is 14.5. The van der Waals surface area contributed by atoms with Gasteiger partial charge in [-0.3, -0.25) is 4.79 Å². The molecule has 1 fully saturated rings. The predicted octanol–water partition coefficient (Wildman–Crippen LogP) is 0.902. The highest BCUT2D eigenvalue weighted by Gasteiger charge is 2.26. The molecular weight excluding hydrogens is 258 g/mol. The summed E-state index contributed by atoms with van der Waals surface area (Å²) in [7, 11) is 0. The summed E-state index contributed by atoms with van der Waals surface area (Å²) in [5.41, 5.74) is 2.10. The second kappa shape index (κ2) is 6.72. The molecule has 1 amide bonds. The van der Waals surface area contributed by atoms with E-state index in [-0.39, 0.29) is 25.2 Å². The Morgan fingerprint density at radius 1 is 1.50 bits per heavy atom. The standard InChI is InChI=1S/C15H21NO4/c1-11-3-4-12(2)14(7-11)20-10-15(18)16-5-6-19-9-13(16)8-17/h3-4,7,13,17H,5-6,8-10H2,1-2H3. The van der Waals surface area contributed by atoms with Gasteiger partial charge < -0.3 is 19.5 Å². The lowest BCUT2D eigenvalue weighted by atomic mass is 10.1. The Hall–Kier alpha value is -1.59. The molecule has 1 aromatic rings. The van der Waals surface area contributed by atoms with Gasteiger partial charge in [0.2, 0.25) is 0 Å². The van der Waals surface area contributed by atoms with Gasteiger partial charge in [0, 0.05) is 6.54 Å². The molecule has 0 spiro atoms. The van der Waals surface area contributed by atoms with Crippen molar-refractivity contribution in [1.29, 1.82) is 0 Å². The molecule has 1 aliphatic rings. The van der Waals surface area contributed by atoms with Crippen LogP contribution in [-0.2, 0) is 9.53 Å². The van der Waals surface area contributed by atoms with Crippen LogP contribution >= 0.6 is 0 Å². The van der Waals surface area contributed by atoms with Gasteiger partial charge in [-0.25, -0.2) is 0 Å². The number of carbonyl (C=O) groups excluding carboxylic acids is 1. The first-order chi connectivity index (χ1) is 9.61. The SMILES string of the molecule is Cc1ccc(C)c(OCC(=O)N2CCOCC2CO)c1. The third-order valence-electron chi connectivity index (χ3n) is 3.45. The zero-order valence-electron chi connectivity index (χ0n) is 12.0. The Labute approximate surface area is 119 Å². The van der Waals surface area contributed by atoms with E-state index in [4.69, 9.17) is 9.47 Å². The van der Waals surface area contributed by atoms with Crippen molar-refractivity contribution >= 4 is 5.91 Å². The molecule has 1 aliphatic heterocycles. The molecule has 0 aromatic heterocycles. The van der Waals surface area contributed by atoms with Gasteiger partial charge in [0.15, 0.2) is 6.61 Å². The molecule has 1 atom stereocenters. The summed E-state index contributed by atoms with van der Waals surface area (Å²) >= 11 is 0. The fraction of sp³-hybridized carbons (Fsp3) is 0.533. The van der Waals surface area contributed by atoms with Crippen LogP contribution in [0.5, 0.6) is 5.75 Å². The molecule has 1 aromatic carbocycles.